The van der Waals surface area contributed by atoms with Crippen molar-refractivity contribution in [3.8, 4) is 0 Å². The fourth-order valence-electron chi connectivity index (χ4n) is 3.47. The predicted octanol–water partition coefficient (Wildman–Crippen LogP) is 3.30. The average Bonchev–Trinajstić information content (AvgIpc) is 2.56. The molecule has 0 aliphatic carbocycles. The Balaban J connectivity index is 2.05. The van der Waals surface area contributed by atoms with Crippen LogP contribution in [-0.4, -0.2) is 41.4 Å². The maximum atomic E-state index is 11.5. The molecular formula is C20H31N3O2. The predicted molar refractivity (Wildman–Crippen MR) is 101 cm³/mol. The van der Waals surface area contributed by atoms with E-state index in [1.54, 1.807) is 0 Å². The molecule has 0 saturated heterocycles. The largest absolute Gasteiger partial charge is 0.411 e. The Morgan fingerprint density at radius 2 is 2.16 bits per heavy atom. The molecule has 2 rings (SSSR count). The minimum Gasteiger partial charge on any atom is -0.411 e. The highest BCUT2D eigenvalue weighted by atomic mass is 16.4. The first-order valence-corrected chi connectivity index (χ1v) is 9.35. The molecule has 5 heteroatoms. The quantitative estimate of drug-likeness (QED) is 0.472. The van der Waals surface area contributed by atoms with Crippen molar-refractivity contribution in [1.82, 2.24) is 10.2 Å². The lowest BCUT2D eigenvalue weighted by atomic mass is 9.91. The Morgan fingerprint density at radius 3 is 2.88 bits per heavy atom. The van der Waals surface area contributed by atoms with Gasteiger partial charge in [-0.25, -0.2) is 0 Å². The highest BCUT2D eigenvalue weighted by Crippen LogP contribution is 2.25. The number of aryl methyl sites for hydroxylation is 1. The molecule has 0 saturated carbocycles. The summed E-state index contributed by atoms with van der Waals surface area (Å²) in [4.78, 5) is 13.9. The number of nitrogens with zero attached hydrogens (tertiary/aromatic N) is 2. The first-order chi connectivity index (χ1) is 12.0. The molecule has 1 amide bonds. The number of carbonyl (C=O) groups is 1. The number of hydrogen-bond donors (Lipinski definition) is 2. The van der Waals surface area contributed by atoms with Gasteiger partial charge in [0.15, 0.2) is 0 Å². The van der Waals surface area contributed by atoms with E-state index in [4.69, 9.17) is 5.21 Å². The van der Waals surface area contributed by atoms with E-state index in [1.165, 1.54) is 36.0 Å². The smallest absolute Gasteiger partial charge is 0.266 e. The molecule has 1 aliphatic rings. The summed E-state index contributed by atoms with van der Waals surface area (Å²) in [6.45, 7) is 9.26. The van der Waals surface area contributed by atoms with Gasteiger partial charge in [0.25, 0.3) is 5.91 Å². The van der Waals surface area contributed by atoms with Crippen molar-refractivity contribution >= 4 is 12.1 Å². The summed E-state index contributed by atoms with van der Waals surface area (Å²) in [7, 11) is 0. The maximum Gasteiger partial charge on any atom is 0.266 e. The van der Waals surface area contributed by atoms with Crippen molar-refractivity contribution < 1.29 is 10.0 Å². The van der Waals surface area contributed by atoms with Gasteiger partial charge in [-0.3, -0.25) is 9.69 Å². The fourth-order valence-corrected chi connectivity index (χ4v) is 3.47. The van der Waals surface area contributed by atoms with E-state index in [2.05, 4.69) is 47.4 Å². The van der Waals surface area contributed by atoms with E-state index < -0.39 is 0 Å². The maximum absolute atomic E-state index is 11.5. The van der Waals surface area contributed by atoms with Crippen molar-refractivity contribution in [2.45, 2.75) is 65.0 Å². The summed E-state index contributed by atoms with van der Waals surface area (Å²) in [6.07, 6.45) is 5.60. The highest BCUT2D eigenvalue weighted by Gasteiger charge is 2.17. The molecule has 0 fully saturated rings. The Labute approximate surface area is 151 Å². The molecule has 0 radical (unpaired) electrons. The van der Waals surface area contributed by atoms with Crippen molar-refractivity contribution in [2.24, 2.45) is 5.16 Å². The van der Waals surface area contributed by atoms with Gasteiger partial charge in [0, 0.05) is 19.1 Å². The van der Waals surface area contributed by atoms with Crippen molar-refractivity contribution in [3.05, 3.63) is 34.9 Å². The lowest BCUT2D eigenvalue weighted by Gasteiger charge is -2.29. The topological polar surface area (TPSA) is 64.9 Å². The third-order valence-electron chi connectivity index (χ3n) is 5.07. The van der Waals surface area contributed by atoms with Crippen LogP contribution < -0.4 is 5.32 Å². The Hall–Kier alpha value is -1.88. The average molecular weight is 345 g/mol. The zero-order valence-electron chi connectivity index (χ0n) is 15.7. The highest BCUT2D eigenvalue weighted by molar-refractivity contribution is 6.26. The number of carbonyl (C=O) groups excluding carboxylic acids is 1. The summed E-state index contributed by atoms with van der Waals surface area (Å²) in [6, 6.07) is 6.97. The summed E-state index contributed by atoms with van der Waals surface area (Å²) in [5.41, 5.74) is 4.33. The van der Waals surface area contributed by atoms with E-state index in [1.807, 2.05) is 6.92 Å². The third-order valence-corrected chi connectivity index (χ3v) is 5.07. The van der Waals surface area contributed by atoms with Crippen LogP contribution in [0.5, 0.6) is 0 Å². The van der Waals surface area contributed by atoms with E-state index in [0.29, 0.717) is 5.92 Å². The standard InChI is InChI=1S/C20H31N3O2/c1-4-15(2)17-8-9-19-14-23(10-6-5-7-18(19)11-17)13-16(3)22-20(24)12-21-25/h8-9,11-12,15-16,25H,4-7,10,13-14H2,1-3H3,(H,22,24)/b21-12-/t15-,16-/m0/s1. The number of benzene rings is 1. The number of hydrogen-bond acceptors (Lipinski definition) is 4. The minimum absolute atomic E-state index is 0.00719. The van der Waals surface area contributed by atoms with E-state index >= 15 is 0 Å². The molecule has 25 heavy (non-hydrogen) atoms. The first kappa shape index (κ1) is 19.4. The second-order valence-electron chi connectivity index (χ2n) is 7.18. The molecule has 1 aromatic rings. The van der Waals surface area contributed by atoms with Crippen LogP contribution in [0.3, 0.4) is 0 Å². The van der Waals surface area contributed by atoms with Gasteiger partial charge in [0.05, 0.1) is 0 Å². The van der Waals surface area contributed by atoms with Crippen molar-refractivity contribution in [2.75, 3.05) is 13.1 Å². The molecule has 2 atom stereocenters. The Bertz CT molecular complexity index is 601. The molecule has 138 valence electrons. The molecule has 0 aromatic heterocycles. The summed E-state index contributed by atoms with van der Waals surface area (Å²) in [5, 5.41) is 14.0. The minimum atomic E-state index is -0.361. The zero-order chi connectivity index (χ0) is 18.2. The number of fused-ring (bicyclic) bond motifs is 1. The second kappa shape index (κ2) is 9.56. The lowest BCUT2D eigenvalue weighted by Crippen LogP contribution is -2.42. The number of rotatable bonds is 6. The van der Waals surface area contributed by atoms with E-state index in [0.717, 1.165) is 32.3 Å². The zero-order valence-corrected chi connectivity index (χ0v) is 15.7. The van der Waals surface area contributed by atoms with Gasteiger partial charge in [-0.1, -0.05) is 37.2 Å². The Morgan fingerprint density at radius 1 is 1.36 bits per heavy atom. The van der Waals surface area contributed by atoms with Crippen LogP contribution in [0.15, 0.2) is 23.4 Å². The molecule has 1 aliphatic heterocycles. The van der Waals surface area contributed by atoms with Crippen LogP contribution in [0.4, 0.5) is 0 Å². The second-order valence-corrected chi connectivity index (χ2v) is 7.18. The first-order valence-electron chi connectivity index (χ1n) is 9.35. The van der Waals surface area contributed by atoms with Gasteiger partial charge in [-0.05, 0) is 61.8 Å². The van der Waals surface area contributed by atoms with Crippen LogP contribution in [0.25, 0.3) is 0 Å². The van der Waals surface area contributed by atoms with Gasteiger partial charge < -0.3 is 10.5 Å². The molecule has 0 unspecified atom stereocenters. The summed E-state index contributed by atoms with van der Waals surface area (Å²) in [5.74, 6) is 0.246. The van der Waals surface area contributed by atoms with Gasteiger partial charge in [0.2, 0.25) is 0 Å². The normalized spacial score (nSPS) is 18.2. The SMILES string of the molecule is CC[C@H](C)c1ccc2c(c1)CCCCN(C[C@H](C)NC(=O)/C=N\O)C2. The molecule has 0 bridgehead atoms. The monoisotopic (exact) mass is 345 g/mol. The molecule has 1 aromatic carbocycles. The molecule has 1 heterocycles. The van der Waals surface area contributed by atoms with Crippen LogP contribution in [0, 0.1) is 0 Å². The van der Waals surface area contributed by atoms with Crippen LogP contribution >= 0.6 is 0 Å². The number of amides is 1. The van der Waals surface area contributed by atoms with Crippen LogP contribution in [0.1, 0.15) is 62.6 Å². The molecule has 5 nitrogen and oxygen atoms in total. The molecule has 0 spiro atoms. The molecular weight excluding hydrogens is 314 g/mol. The van der Waals surface area contributed by atoms with Gasteiger partial charge in [-0.15, -0.1) is 0 Å². The van der Waals surface area contributed by atoms with Crippen LogP contribution in [0.2, 0.25) is 0 Å². The number of nitrogens with one attached hydrogen (secondary N) is 1. The van der Waals surface area contributed by atoms with Gasteiger partial charge >= 0.3 is 0 Å². The van der Waals surface area contributed by atoms with Gasteiger partial charge in [-0.2, -0.15) is 0 Å². The molecule has 2 N–H and O–H groups in total. The summed E-state index contributed by atoms with van der Waals surface area (Å²) >= 11 is 0. The lowest BCUT2D eigenvalue weighted by molar-refractivity contribution is -0.115. The fraction of sp³-hybridized carbons (Fsp3) is 0.600. The number of oxime groups is 1. The van der Waals surface area contributed by atoms with Crippen molar-refractivity contribution in [3.63, 3.8) is 0 Å². The summed E-state index contributed by atoms with van der Waals surface area (Å²) < 4.78 is 0. The Kier molecular flexibility index (Phi) is 7.44. The van der Waals surface area contributed by atoms with Gasteiger partial charge in [0.1, 0.15) is 6.21 Å². The van der Waals surface area contributed by atoms with Crippen molar-refractivity contribution in [1.29, 1.82) is 0 Å². The third kappa shape index (κ3) is 5.85. The van der Waals surface area contributed by atoms with E-state index in [-0.39, 0.29) is 11.9 Å². The van der Waals surface area contributed by atoms with E-state index in [9.17, 15) is 4.79 Å². The van der Waals surface area contributed by atoms with Crippen LogP contribution in [-0.2, 0) is 17.8 Å².